The summed E-state index contributed by atoms with van der Waals surface area (Å²) >= 11 is 0. The minimum Gasteiger partial charge on any atom is -0.481 e. The van der Waals surface area contributed by atoms with Crippen molar-refractivity contribution < 1.29 is 14.0 Å². The molecule has 2 aromatic heterocycles. The molecule has 0 spiro atoms. The average Bonchev–Trinajstić information content (AvgIpc) is 3.19. The van der Waals surface area contributed by atoms with Gasteiger partial charge in [0.25, 0.3) is 5.89 Å². The molecule has 1 aromatic carbocycles. The average molecular weight is 339 g/mol. The van der Waals surface area contributed by atoms with Crippen molar-refractivity contribution in [2.24, 2.45) is 0 Å². The molecule has 3 aromatic rings. The van der Waals surface area contributed by atoms with E-state index in [-0.39, 0.29) is 6.10 Å². The summed E-state index contributed by atoms with van der Waals surface area (Å²) in [5.41, 5.74) is 0.880. The van der Waals surface area contributed by atoms with Crippen molar-refractivity contribution in [3.05, 3.63) is 48.4 Å². The third-order valence-electron chi connectivity index (χ3n) is 3.93. The topological polar surface area (TPSA) is 86.4 Å². The summed E-state index contributed by atoms with van der Waals surface area (Å²) in [7, 11) is 1.58. The summed E-state index contributed by atoms with van der Waals surface area (Å²) in [6.07, 6.45) is 1.37. The molecular weight excluding hydrogens is 322 g/mol. The standard InChI is InChI=1S/C17H17N5O3/c1-23-14-7-8-18-17(19-14)22-9-10-24-13(11-22)15-20-16(25-21-15)12-5-3-2-4-6-12/h2-8,13H,9-11H2,1H3/t13-/m1/s1. The molecule has 25 heavy (non-hydrogen) atoms. The zero-order chi connectivity index (χ0) is 17.1. The molecule has 1 aliphatic rings. The van der Waals surface area contributed by atoms with Crippen LogP contribution in [0.3, 0.4) is 0 Å². The fourth-order valence-corrected chi connectivity index (χ4v) is 2.65. The highest BCUT2D eigenvalue weighted by Crippen LogP contribution is 2.25. The number of morpholine rings is 1. The predicted octanol–water partition coefficient (Wildman–Crippen LogP) is 2.11. The number of methoxy groups -OCH3 is 1. The van der Waals surface area contributed by atoms with Crippen LogP contribution in [0.4, 0.5) is 5.95 Å². The minimum absolute atomic E-state index is 0.301. The third-order valence-corrected chi connectivity index (χ3v) is 3.93. The van der Waals surface area contributed by atoms with Gasteiger partial charge in [-0.05, 0) is 12.1 Å². The Hall–Kier alpha value is -3.00. The van der Waals surface area contributed by atoms with Crippen LogP contribution in [-0.4, -0.2) is 46.9 Å². The lowest BCUT2D eigenvalue weighted by Gasteiger charge is -2.31. The number of benzene rings is 1. The van der Waals surface area contributed by atoms with E-state index in [4.69, 9.17) is 14.0 Å². The summed E-state index contributed by atoms with van der Waals surface area (Å²) in [5.74, 6) is 2.12. The molecule has 1 aliphatic heterocycles. The van der Waals surface area contributed by atoms with Crippen molar-refractivity contribution in [3.8, 4) is 17.3 Å². The fourth-order valence-electron chi connectivity index (χ4n) is 2.65. The zero-order valence-electron chi connectivity index (χ0n) is 13.7. The summed E-state index contributed by atoms with van der Waals surface area (Å²) < 4.78 is 16.3. The van der Waals surface area contributed by atoms with E-state index in [1.54, 1.807) is 19.4 Å². The first-order chi connectivity index (χ1) is 12.3. The predicted molar refractivity (Wildman–Crippen MR) is 89.2 cm³/mol. The molecule has 0 amide bonds. The summed E-state index contributed by atoms with van der Waals surface area (Å²) in [6, 6.07) is 11.4. The van der Waals surface area contributed by atoms with Gasteiger partial charge in [-0.3, -0.25) is 0 Å². The van der Waals surface area contributed by atoms with Gasteiger partial charge < -0.3 is 18.9 Å². The second kappa shape index (κ2) is 6.86. The van der Waals surface area contributed by atoms with Crippen LogP contribution in [0.15, 0.2) is 47.1 Å². The summed E-state index contributed by atoms with van der Waals surface area (Å²) in [5, 5.41) is 4.07. The van der Waals surface area contributed by atoms with Crippen molar-refractivity contribution in [2.45, 2.75) is 6.10 Å². The van der Waals surface area contributed by atoms with E-state index in [2.05, 4.69) is 20.1 Å². The summed E-state index contributed by atoms with van der Waals surface area (Å²) in [6.45, 7) is 1.76. The molecule has 3 heterocycles. The van der Waals surface area contributed by atoms with Crippen LogP contribution in [0.25, 0.3) is 11.5 Å². The van der Waals surface area contributed by atoms with Gasteiger partial charge >= 0.3 is 0 Å². The highest BCUT2D eigenvalue weighted by Gasteiger charge is 2.28. The van der Waals surface area contributed by atoms with Crippen LogP contribution >= 0.6 is 0 Å². The maximum atomic E-state index is 5.81. The number of nitrogens with zero attached hydrogens (tertiary/aromatic N) is 5. The molecule has 1 atom stereocenters. The van der Waals surface area contributed by atoms with Crippen molar-refractivity contribution in [1.29, 1.82) is 0 Å². The van der Waals surface area contributed by atoms with Crippen molar-refractivity contribution in [3.63, 3.8) is 0 Å². The minimum atomic E-state index is -0.301. The maximum absolute atomic E-state index is 5.81. The zero-order valence-corrected chi connectivity index (χ0v) is 13.7. The Balaban J connectivity index is 1.52. The van der Waals surface area contributed by atoms with Crippen LogP contribution in [0.2, 0.25) is 0 Å². The quantitative estimate of drug-likeness (QED) is 0.714. The molecule has 0 radical (unpaired) electrons. The van der Waals surface area contributed by atoms with Crippen molar-refractivity contribution in [2.75, 3.05) is 31.7 Å². The second-order valence-electron chi connectivity index (χ2n) is 5.53. The summed E-state index contributed by atoms with van der Waals surface area (Å²) in [4.78, 5) is 15.2. The lowest BCUT2D eigenvalue weighted by Crippen LogP contribution is -2.39. The molecule has 8 nitrogen and oxygen atoms in total. The van der Waals surface area contributed by atoms with Crippen LogP contribution < -0.4 is 9.64 Å². The normalized spacial score (nSPS) is 17.5. The molecule has 128 valence electrons. The van der Waals surface area contributed by atoms with Gasteiger partial charge in [-0.2, -0.15) is 9.97 Å². The first-order valence-corrected chi connectivity index (χ1v) is 7.96. The van der Waals surface area contributed by atoms with Gasteiger partial charge in [-0.15, -0.1) is 0 Å². The fraction of sp³-hybridized carbons (Fsp3) is 0.294. The highest BCUT2D eigenvalue weighted by molar-refractivity contribution is 5.52. The van der Waals surface area contributed by atoms with Gasteiger partial charge in [-0.25, -0.2) is 4.98 Å². The molecule has 8 heteroatoms. The molecule has 1 fully saturated rings. The molecule has 1 saturated heterocycles. The van der Waals surface area contributed by atoms with Crippen LogP contribution in [0.5, 0.6) is 5.88 Å². The Bertz CT molecular complexity index is 839. The highest BCUT2D eigenvalue weighted by atomic mass is 16.5. The number of hydrogen-bond acceptors (Lipinski definition) is 8. The van der Waals surface area contributed by atoms with Crippen LogP contribution in [0, 0.1) is 0 Å². The number of hydrogen-bond donors (Lipinski definition) is 0. The lowest BCUT2D eigenvalue weighted by atomic mass is 10.2. The van der Waals surface area contributed by atoms with Crippen LogP contribution in [0.1, 0.15) is 11.9 Å². The molecule has 0 saturated carbocycles. The van der Waals surface area contributed by atoms with E-state index >= 15 is 0 Å². The molecule has 4 rings (SSSR count). The molecular formula is C17H17N5O3. The lowest BCUT2D eigenvalue weighted by molar-refractivity contribution is 0.0320. The first-order valence-electron chi connectivity index (χ1n) is 7.96. The van der Waals surface area contributed by atoms with Crippen molar-refractivity contribution in [1.82, 2.24) is 20.1 Å². The Morgan fingerprint density at radius 1 is 1.16 bits per heavy atom. The first kappa shape index (κ1) is 15.5. The Morgan fingerprint density at radius 2 is 2.04 bits per heavy atom. The molecule has 0 unspecified atom stereocenters. The number of ether oxygens (including phenoxy) is 2. The Morgan fingerprint density at radius 3 is 2.88 bits per heavy atom. The van der Waals surface area contributed by atoms with E-state index in [1.807, 2.05) is 35.2 Å². The Labute approximate surface area is 144 Å². The van der Waals surface area contributed by atoms with Gasteiger partial charge in [0.15, 0.2) is 0 Å². The number of rotatable bonds is 4. The second-order valence-corrected chi connectivity index (χ2v) is 5.53. The van der Waals surface area contributed by atoms with E-state index < -0.39 is 0 Å². The number of anilines is 1. The van der Waals surface area contributed by atoms with Gasteiger partial charge in [0, 0.05) is 24.4 Å². The van der Waals surface area contributed by atoms with Gasteiger partial charge in [-0.1, -0.05) is 23.4 Å². The number of aromatic nitrogens is 4. The SMILES string of the molecule is COc1ccnc(N2CCO[C@@H](c3noc(-c4ccccc4)n3)C2)n1. The molecule has 0 N–H and O–H groups in total. The molecule has 0 aliphatic carbocycles. The van der Waals surface area contributed by atoms with Gasteiger partial charge in [0.05, 0.1) is 20.3 Å². The monoisotopic (exact) mass is 339 g/mol. The van der Waals surface area contributed by atoms with E-state index in [0.29, 0.717) is 43.2 Å². The maximum Gasteiger partial charge on any atom is 0.258 e. The van der Waals surface area contributed by atoms with Gasteiger partial charge in [0.1, 0.15) is 6.10 Å². The van der Waals surface area contributed by atoms with Gasteiger partial charge in [0.2, 0.25) is 17.7 Å². The van der Waals surface area contributed by atoms with E-state index in [9.17, 15) is 0 Å². The van der Waals surface area contributed by atoms with E-state index in [1.165, 1.54) is 0 Å². The smallest absolute Gasteiger partial charge is 0.258 e. The van der Waals surface area contributed by atoms with E-state index in [0.717, 1.165) is 5.56 Å². The molecule has 0 bridgehead atoms. The Kier molecular flexibility index (Phi) is 4.26. The third kappa shape index (κ3) is 3.29. The van der Waals surface area contributed by atoms with Crippen molar-refractivity contribution >= 4 is 5.95 Å². The largest absolute Gasteiger partial charge is 0.481 e. The van der Waals surface area contributed by atoms with Crippen LogP contribution in [-0.2, 0) is 4.74 Å².